The molecule has 2 rings (SSSR count). The second-order valence-electron chi connectivity index (χ2n) is 2.61. The van der Waals surface area contributed by atoms with E-state index in [1.54, 1.807) is 30.5 Å². The van der Waals surface area contributed by atoms with Crippen LogP contribution < -0.4 is 0 Å². The lowest BCUT2D eigenvalue weighted by atomic mass is 10.2. The summed E-state index contributed by atoms with van der Waals surface area (Å²) in [6, 6.07) is 8.47. The van der Waals surface area contributed by atoms with Crippen LogP contribution in [0.15, 0.2) is 36.5 Å². The average molecular weight is 204 g/mol. The molecule has 0 fully saturated rings. The van der Waals surface area contributed by atoms with Crippen molar-refractivity contribution in [3.63, 3.8) is 0 Å². The molecule has 4 heteroatoms. The summed E-state index contributed by atoms with van der Waals surface area (Å²) in [7, 11) is 0. The van der Waals surface area contributed by atoms with Gasteiger partial charge >= 0.3 is 0 Å². The number of nitro benzene ring substituents is 1. The van der Waals surface area contributed by atoms with E-state index in [9.17, 15) is 10.1 Å². The van der Waals surface area contributed by atoms with Gasteiger partial charge < -0.3 is 0 Å². The molecule has 0 aliphatic carbocycles. The molecule has 0 spiro atoms. The fraction of sp³-hybridized carbons (Fsp3) is 0.182. The van der Waals surface area contributed by atoms with E-state index in [0.29, 0.717) is 5.52 Å². The third kappa shape index (κ3) is 2.28. The molecular weight excluding hydrogens is 192 g/mol. The fourth-order valence-corrected chi connectivity index (χ4v) is 1.24. The molecule has 0 unspecified atom stereocenters. The molecule has 1 aromatic heterocycles. The number of para-hydroxylation sites is 1. The van der Waals surface area contributed by atoms with Gasteiger partial charge in [-0.05, 0) is 6.07 Å². The normalized spacial score (nSPS) is 9.20. The van der Waals surface area contributed by atoms with Crippen molar-refractivity contribution in [3.05, 3.63) is 46.6 Å². The van der Waals surface area contributed by atoms with E-state index in [0.717, 1.165) is 5.39 Å². The van der Waals surface area contributed by atoms with E-state index < -0.39 is 4.92 Å². The lowest BCUT2D eigenvalue weighted by molar-refractivity contribution is -0.383. The molecule has 1 aromatic carbocycles. The zero-order chi connectivity index (χ0) is 11.3. The monoisotopic (exact) mass is 204 g/mol. The summed E-state index contributed by atoms with van der Waals surface area (Å²) in [5, 5.41) is 11.4. The van der Waals surface area contributed by atoms with Gasteiger partial charge in [-0.15, -0.1) is 0 Å². The lowest BCUT2D eigenvalue weighted by Gasteiger charge is -1.96. The van der Waals surface area contributed by atoms with Gasteiger partial charge in [-0.3, -0.25) is 10.1 Å². The van der Waals surface area contributed by atoms with Gasteiger partial charge in [-0.1, -0.05) is 32.0 Å². The summed E-state index contributed by atoms with van der Waals surface area (Å²) in [5.41, 5.74) is 0.494. The van der Waals surface area contributed by atoms with E-state index >= 15 is 0 Å². The van der Waals surface area contributed by atoms with Crippen LogP contribution >= 0.6 is 0 Å². The minimum atomic E-state index is -0.421. The molecule has 4 nitrogen and oxygen atoms in total. The molecule has 0 N–H and O–H groups in total. The molecule has 0 aliphatic rings. The van der Waals surface area contributed by atoms with E-state index in [1.807, 2.05) is 13.8 Å². The lowest BCUT2D eigenvalue weighted by Crippen LogP contribution is -1.90. The van der Waals surface area contributed by atoms with Crippen LogP contribution in [-0.4, -0.2) is 9.91 Å². The Hall–Kier alpha value is -1.97. The van der Waals surface area contributed by atoms with Crippen molar-refractivity contribution in [3.8, 4) is 0 Å². The SMILES string of the molecule is CC.O=[N+]([O-])c1cccc2cccnc12. The molecule has 0 saturated heterocycles. The highest BCUT2D eigenvalue weighted by Gasteiger charge is 2.10. The van der Waals surface area contributed by atoms with Gasteiger partial charge in [-0.25, -0.2) is 4.98 Å². The second kappa shape index (κ2) is 5.05. The third-order valence-corrected chi connectivity index (χ3v) is 1.81. The number of rotatable bonds is 1. The van der Waals surface area contributed by atoms with E-state index in [1.165, 1.54) is 6.07 Å². The number of nitrogens with zero attached hydrogens (tertiary/aromatic N) is 2. The largest absolute Gasteiger partial charge is 0.295 e. The van der Waals surface area contributed by atoms with Crippen molar-refractivity contribution in [1.29, 1.82) is 0 Å². The first-order valence-electron chi connectivity index (χ1n) is 4.77. The Morgan fingerprint density at radius 2 is 1.87 bits per heavy atom. The van der Waals surface area contributed by atoms with Gasteiger partial charge in [0.15, 0.2) is 0 Å². The second-order valence-corrected chi connectivity index (χ2v) is 2.61. The molecule has 0 bridgehead atoms. The van der Waals surface area contributed by atoms with Gasteiger partial charge in [0.05, 0.1) is 4.92 Å². The summed E-state index contributed by atoms with van der Waals surface area (Å²) in [6.07, 6.45) is 1.55. The predicted molar refractivity (Wildman–Crippen MR) is 59.7 cm³/mol. The Labute approximate surface area is 87.7 Å². The molecule has 0 amide bonds. The van der Waals surface area contributed by atoms with Crippen LogP contribution in [0.5, 0.6) is 0 Å². The van der Waals surface area contributed by atoms with E-state index in [-0.39, 0.29) is 5.69 Å². The fourth-order valence-electron chi connectivity index (χ4n) is 1.24. The van der Waals surface area contributed by atoms with Crippen molar-refractivity contribution in [2.45, 2.75) is 13.8 Å². The van der Waals surface area contributed by atoms with Crippen molar-refractivity contribution in [1.82, 2.24) is 4.98 Å². The summed E-state index contributed by atoms with van der Waals surface area (Å²) < 4.78 is 0. The quantitative estimate of drug-likeness (QED) is 0.529. The van der Waals surface area contributed by atoms with Crippen LogP contribution in [0, 0.1) is 10.1 Å². The maximum absolute atomic E-state index is 10.6. The number of non-ortho nitro benzene ring substituents is 1. The van der Waals surface area contributed by atoms with Crippen LogP contribution in [0.25, 0.3) is 10.9 Å². The van der Waals surface area contributed by atoms with Crippen LogP contribution in [0.4, 0.5) is 5.69 Å². The minimum Gasteiger partial charge on any atom is -0.258 e. The minimum absolute atomic E-state index is 0.0538. The molecule has 2 aromatic rings. The maximum Gasteiger partial charge on any atom is 0.295 e. The number of fused-ring (bicyclic) bond motifs is 1. The average Bonchev–Trinajstić information content (AvgIpc) is 2.31. The topological polar surface area (TPSA) is 56.0 Å². The summed E-state index contributed by atoms with van der Waals surface area (Å²) in [5.74, 6) is 0. The number of nitro groups is 1. The Balaban J connectivity index is 0.000000531. The highest BCUT2D eigenvalue weighted by molar-refractivity contribution is 5.86. The van der Waals surface area contributed by atoms with Crippen molar-refractivity contribution < 1.29 is 4.92 Å². The number of hydrogen-bond donors (Lipinski definition) is 0. The van der Waals surface area contributed by atoms with Crippen molar-refractivity contribution >= 4 is 16.6 Å². The van der Waals surface area contributed by atoms with Gasteiger partial charge in [0.1, 0.15) is 5.52 Å². The number of benzene rings is 1. The van der Waals surface area contributed by atoms with Gasteiger partial charge in [-0.2, -0.15) is 0 Å². The maximum atomic E-state index is 10.6. The Kier molecular flexibility index (Phi) is 3.74. The first-order chi connectivity index (χ1) is 7.29. The molecule has 0 aliphatic heterocycles. The molecule has 0 atom stereocenters. The van der Waals surface area contributed by atoms with Gasteiger partial charge in [0, 0.05) is 17.6 Å². The van der Waals surface area contributed by atoms with Crippen LogP contribution in [0.3, 0.4) is 0 Å². The molecule has 1 heterocycles. The van der Waals surface area contributed by atoms with Gasteiger partial charge in [0.25, 0.3) is 5.69 Å². The first kappa shape index (κ1) is 11.1. The van der Waals surface area contributed by atoms with Crippen LogP contribution in [-0.2, 0) is 0 Å². The summed E-state index contributed by atoms with van der Waals surface area (Å²) in [4.78, 5) is 14.1. The van der Waals surface area contributed by atoms with E-state index in [4.69, 9.17) is 0 Å². The van der Waals surface area contributed by atoms with Crippen molar-refractivity contribution in [2.75, 3.05) is 0 Å². The van der Waals surface area contributed by atoms with Crippen LogP contribution in [0.1, 0.15) is 13.8 Å². The predicted octanol–water partition coefficient (Wildman–Crippen LogP) is 3.17. The molecular formula is C11H12N2O2. The zero-order valence-corrected chi connectivity index (χ0v) is 8.68. The summed E-state index contributed by atoms with van der Waals surface area (Å²) in [6.45, 7) is 4.00. The molecule has 0 saturated carbocycles. The number of hydrogen-bond acceptors (Lipinski definition) is 3. The summed E-state index contributed by atoms with van der Waals surface area (Å²) >= 11 is 0. The third-order valence-electron chi connectivity index (χ3n) is 1.81. The van der Waals surface area contributed by atoms with Crippen LogP contribution in [0.2, 0.25) is 0 Å². The molecule has 15 heavy (non-hydrogen) atoms. The standard InChI is InChI=1S/C9H6N2O2.C2H6/c12-11(13)8-5-1-3-7-4-2-6-10-9(7)8;1-2/h1-6H;1-2H3. The zero-order valence-electron chi connectivity index (χ0n) is 8.68. The molecule has 78 valence electrons. The highest BCUT2D eigenvalue weighted by atomic mass is 16.6. The molecule has 0 radical (unpaired) electrons. The number of aromatic nitrogens is 1. The smallest absolute Gasteiger partial charge is 0.258 e. The Morgan fingerprint density at radius 3 is 2.53 bits per heavy atom. The first-order valence-corrected chi connectivity index (χ1v) is 4.77. The Morgan fingerprint density at radius 1 is 1.20 bits per heavy atom. The number of pyridine rings is 1. The van der Waals surface area contributed by atoms with Crippen molar-refractivity contribution in [2.24, 2.45) is 0 Å². The van der Waals surface area contributed by atoms with Gasteiger partial charge in [0.2, 0.25) is 0 Å². The highest BCUT2D eigenvalue weighted by Crippen LogP contribution is 2.21. The van der Waals surface area contributed by atoms with E-state index in [2.05, 4.69) is 4.98 Å². The Bertz CT molecular complexity index is 464.